The van der Waals surface area contributed by atoms with Crippen LogP contribution in [-0.2, 0) is 15.0 Å². The summed E-state index contributed by atoms with van der Waals surface area (Å²) in [6, 6.07) is 18.6. The van der Waals surface area contributed by atoms with E-state index in [-0.39, 0.29) is 16.9 Å². The number of halogens is 2. The first-order valence-electron chi connectivity index (χ1n) is 13.0. The van der Waals surface area contributed by atoms with Crippen LogP contribution in [0, 0.1) is 11.6 Å². The van der Waals surface area contributed by atoms with Crippen LogP contribution < -0.4 is 14.2 Å². The Morgan fingerprint density at radius 3 is 1.64 bits per heavy atom. The molecule has 1 N–H and O–H groups in total. The molecule has 0 unspecified atom stereocenters. The number of hydrogen-bond acceptors (Lipinski definition) is 6. The molecule has 1 aliphatic carbocycles. The van der Waals surface area contributed by atoms with Crippen LogP contribution in [0.3, 0.4) is 0 Å². The van der Waals surface area contributed by atoms with Crippen LogP contribution in [0.4, 0.5) is 8.78 Å². The normalized spacial score (nSPS) is 13.2. The van der Waals surface area contributed by atoms with Gasteiger partial charge in [0.15, 0.2) is 0 Å². The number of ether oxygens (including phenoxy) is 3. The van der Waals surface area contributed by atoms with Gasteiger partial charge >= 0.3 is 11.9 Å². The zero-order valence-electron chi connectivity index (χ0n) is 23.0. The van der Waals surface area contributed by atoms with Gasteiger partial charge < -0.3 is 19.3 Å². The minimum Gasteiger partial charge on any atom is -0.508 e. The molecular weight excluding hydrogens is 542 g/mol. The molecule has 4 aromatic rings. The fourth-order valence-electron chi connectivity index (χ4n) is 4.86. The molecule has 0 aromatic heterocycles. The summed E-state index contributed by atoms with van der Waals surface area (Å²) in [6.45, 7) is 4.02. The molecule has 0 atom stereocenters. The maximum absolute atomic E-state index is 14.2. The summed E-state index contributed by atoms with van der Waals surface area (Å²) in [6.07, 6.45) is 4.88. The van der Waals surface area contributed by atoms with Gasteiger partial charge in [0.2, 0.25) is 0 Å². The maximum Gasteiger partial charge on any atom is 0.336 e. The van der Waals surface area contributed by atoms with Crippen molar-refractivity contribution in [1.29, 1.82) is 0 Å². The molecule has 0 bridgehead atoms. The Morgan fingerprint density at radius 2 is 1.17 bits per heavy atom. The van der Waals surface area contributed by atoms with Crippen LogP contribution in [-0.4, -0.2) is 24.2 Å². The third-order valence-corrected chi connectivity index (χ3v) is 7.05. The number of carbonyl (C=O) groups is 2. The summed E-state index contributed by atoms with van der Waals surface area (Å²) in [4.78, 5) is 24.9. The van der Waals surface area contributed by atoms with E-state index in [4.69, 9.17) is 14.2 Å². The van der Waals surface area contributed by atoms with Gasteiger partial charge in [0.25, 0.3) is 0 Å². The van der Waals surface area contributed by atoms with E-state index >= 15 is 0 Å². The van der Waals surface area contributed by atoms with Crippen molar-refractivity contribution in [1.82, 2.24) is 0 Å². The third-order valence-electron chi connectivity index (χ3n) is 7.05. The number of rotatable bonds is 7. The Kier molecular flexibility index (Phi) is 7.63. The summed E-state index contributed by atoms with van der Waals surface area (Å²) in [5.74, 6) is -1.72. The Morgan fingerprint density at radius 1 is 0.690 bits per heavy atom. The Hall–Kier alpha value is -5.24. The second kappa shape index (κ2) is 11.3. The Labute approximate surface area is 241 Å². The minimum absolute atomic E-state index is 0.134. The highest BCUT2D eigenvalue weighted by Gasteiger charge is 2.36. The van der Waals surface area contributed by atoms with E-state index in [1.54, 1.807) is 30.3 Å². The number of esters is 2. The van der Waals surface area contributed by atoms with Gasteiger partial charge in [-0.3, -0.25) is 0 Å². The molecule has 8 heteroatoms. The number of methoxy groups -OCH3 is 1. The van der Waals surface area contributed by atoms with Gasteiger partial charge in [-0.05, 0) is 82.9 Å². The summed E-state index contributed by atoms with van der Waals surface area (Å²) < 4.78 is 44.1. The number of phenols is 1. The predicted molar refractivity (Wildman–Crippen MR) is 154 cm³/mol. The molecule has 0 amide bonds. The largest absolute Gasteiger partial charge is 0.508 e. The fourth-order valence-corrected chi connectivity index (χ4v) is 4.86. The van der Waals surface area contributed by atoms with Crippen LogP contribution >= 0.6 is 0 Å². The van der Waals surface area contributed by atoms with Crippen LogP contribution in [0.25, 0.3) is 23.3 Å². The monoisotopic (exact) mass is 568 g/mol. The van der Waals surface area contributed by atoms with E-state index in [9.17, 15) is 23.5 Å². The van der Waals surface area contributed by atoms with E-state index in [2.05, 4.69) is 0 Å². The smallest absolute Gasteiger partial charge is 0.336 e. The van der Waals surface area contributed by atoms with Crippen LogP contribution in [0.1, 0.15) is 36.1 Å². The molecule has 0 radical (unpaired) electrons. The maximum atomic E-state index is 14.2. The highest BCUT2D eigenvalue weighted by Crippen LogP contribution is 2.50. The van der Waals surface area contributed by atoms with Crippen molar-refractivity contribution in [3.63, 3.8) is 0 Å². The van der Waals surface area contributed by atoms with Crippen molar-refractivity contribution >= 4 is 24.1 Å². The molecule has 1 aliphatic rings. The van der Waals surface area contributed by atoms with E-state index in [0.29, 0.717) is 17.2 Å². The number of phenolic OH excluding ortho intramolecular Hbond substituents is 1. The molecule has 0 saturated carbocycles. The molecule has 4 aromatic carbocycles. The number of benzene rings is 4. The van der Waals surface area contributed by atoms with Gasteiger partial charge in [-0.25, -0.2) is 18.4 Å². The fraction of sp³-hybridized carbons (Fsp3) is 0.118. The SMILES string of the molecule is COc1ccc(C=CC(=O)Oc2ccc3c(c2)C(C)(C)c2cc(OC(=O)C=Cc4ccc(O)cc4F)ccc2-3)c(F)c1. The van der Waals surface area contributed by atoms with Gasteiger partial charge in [0, 0.05) is 40.8 Å². The van der Waals surface area contributed by atoms with E-state index in [0.717, 1.165) is 40.5 Å². The van der Waals surface area contributed by atoms with Gasteiger partial charge in [0.1, 0.15) is 34.6 Å². The standard InChI is InChI=1S/C34H26F2O6/c1-34(2)28-17-24(41-32(38)14-6-20-4-8-22(37)16-30(20)35)10-12-26(28)27-13-11-25(18-29(27)34)42-33(39)15-7-21-5-9-23(40-3)19-31(21)36/h4-19,37H,1-3H3. The summed E-state index contributed by atoms with van der Waals surface area (Å²) in [5.41, 5.74) is 3.57. The average molecular weight is 569 g/mol. The van der Waals surface area contributed by atoms with Crippen molar-refractivity contribution in [3.05, 3.63) is 119 Å². The molecule has 0 fully saturated rings. The van der Waals surface area contributed by atoms with Gasteiger partial charge in [0.05, 0.1) is 7.11 Å². The van der Waals surface area contributed by atoms with E-state index in [1.807, 2.05) is 26.0 Å². The van der Waals surface area contributed by atoms with Gasteiger partial charge in [-0.1, -0.05) is 26.0 Å². The first kappa shape index (κ1) is 28.3. The number of fused-ring (bicyclic) bond motifs is 3. The van der Waals surface area contributed by atoms with Crippen LogP contribution in [0.15, 0.2) is 84.9 Å². The van der Waals surface area contributed by atoms with Crippen molar-refractivity contribution < 1.29 is 37.7 Å². The van der Waals surface area contributed by atoms with E-state index in [1.165, 1.54) is 43.5 Å². The van der Waals surface area contributed by atoms with Crippen molar-refractivity contribution in [3.8, 4) is 34.1 Å². The molecule has 0 heterocycles. The second-order valence-electron chi connectivity index (χ2n) is 10.1. The molecular formula is C34H26F2O6. The topological polar surface area (TPSA) is 82.1 Å². The highest BCUT2D eigenvalue weighted by molar-refractivity contribution is 5.90. The first-order chi connectivity index (χ1) is 20.0. The number of hydrogen-bond donors (Lipinski definition) is 1. The molecule has 0 spiro atoms. The van der Waals surface area contributed by atoms with Crippen molar-refractivity contribution in [2.75, 3.05) is 7.11 Å². The highest BCUT2D eigenvalue weighted by atomic mass is 19.1. The van der Waals surface area contributed by atoms with Gasteiger partial charge in [-0.2, -0.15) is 0 Å². The summed E-state index contributed by atoms with van der Waals surface area (Å²) >= 11 is 0. The molecule has 0 aliphatic heterocycles. The molecule has 212 valence electrons. The quantitative estimate of drug-likeness (QED) is 0.144. The number of aromatic hydroxyl groups is 1. The van der Waals surface area contributed by atoms with Crippen molar-refractivity contribution in [2.24, 2.45) is 0 Å². The lowest BCUT2D eigenvalue weighted by atomic mass is 9.82. The lowest BCUT2D eigenvalue weighted by Gasteiger charge is -2.22. The van der Waals surface area contributed by atoms with Crippen molar-refractivity contribution in [2.45, 2.75) is 19.3 Å². The third kappa shape index (κ3) is 5.78. The predicted octanol–water partition coefficient (Wildman–Crippen LogP) is 7.22. The molecule has 6 nitrogen and oxygen atoms in total. The Bertz CT molecular complexity index is 1770. The van der Waals surface area contributed by atoms with Crippen LogP contribution in [0.5, 0.6) is 23.0 Å². The summed E-state index contributed by atoms with van der Waals surface area (Å²) in [7, 11) is 1.44. The molecule has 5 rings (SSSR count). The Balaban J connectivity index is 1.29. The number of carbonyl (C=O) groups excluding carboxylic acids is 2. The zero-order chi connectivity index (χ0) is 30.0. The molecule has 42 heavy (non-hydrogen) atoms. The first-order valence-corrected chi connectivity index (χ1v) is 13.0. The lowest BCUT2D eigenvalue weighted by Crippen LogP contribution is -2.16. The zero-order valence-corrected chi connectivity index (χ0v) is 23.0. The van der Waals surface area contributed by atoms with E-state index < -0.39 is 29.0 Å². The summed E-state index contributed by atoms with van der Waals surface area (Å²) in [5, 5.41) is 9.34. The lowest BCUT2D eigenvalue weighted by molar-refractivity contribution is -0.129. The minimum atomic E-state index is -0.687. The van der Waals surface area contributed by atoms with Crippen LogP contribution in [0.2, 0.25) is 0 Å². The molecule has 0 saturated heterocycles. The average Bonchev–Trinajstić information content (AvgIpc) is 3.17. The second-order valence-corrected chi connectivity index (χ2v) is 10.1. The van der Waals surface area contributed by atoms with Gasteiger partial charge in [-0.15, -0.1) is 0 Å².